The van der Waals surface area contributed by atoms with Crippen molar-refractivity contribution in [3.8, 4) is 0 Å². The van der Waals surface area contributed by atoms with Gasteiger partial charge in [-0.25, -0.2) is 0 Å². The van der Waals surface area contributed by atoms with E-state index < -0.39 is 36.5 Å². The zero-order chi connectivity index (χ0) is 10.2. The fourth-order valence-electron chi connectivity index (χ4n) is 1.18. The third-order valence-corrected chi connectivity index (χ3v) is 2.00. The molecule has 4 N–H and O–H groups in total. The van der Waals surface area contributed by atoms with Gasteiger partial charge in [0.25, 0.3) is 0 Å². The number of hydrogen-bond donors (Lipinski definition) is 4. The molecule has 6 nitrogen and oxygen atoms in total. The lowest BCUT2D eigenvalue weighted by atomic mass is 10.0. The van der Waals surface area contributed by atoms with Crippen molar-refractivity contribution in [2.75, 3.05) is 0 Å². The summed E-state index contributed by atoms with van der Waals surface area (Å²) in [6, 6.07) is 0. The second-order valence-electron chi connectivity index (χ2n) is 3.03. The Bertz CT molecular complexity index is 205. The molecule has 76 valence electrons. The van der Waals surface area contributed by atoms with Gasteiger partial charge in [-0.1, -0.05) is 0 Å². The van der Waals surface area contributed by atoms with E-state index in [-0.39, 0.29) is 0 Å². The quantitative estimate of drug-likeness (QED) is 0.381. The molecule has 0 aromatic rings. The maximum absolute atomic E-state index is 10.7. The van der Waals surface area contributed by atoms with Crippen LogP contribution in [0.1, 0.15) is 6.92 Å². The molecule has 0 aromatic heterocycles. The molecular weight excluding hydrogens is 180 g/mol. The molecule has 6 heteroatoms. The Morgan fingerprint density at radius 2 is 1.85 bits per heavy atom. The Morgan fingerprint density at radius 3 is 2.15 bits per heavy atom. The number of rotatable bonds is 2. The molecule has 1 aliphatic rings. The molecule has 0 bridgehead atoms. The molecule has 0 amide bonds. The van der Waals surface area contributed by atoms with E-state index in [4.69, 9.17) is 10.2 Å². The molecule has 1 aliphatic heterocycles. The van der Waals surface area contributed by atoms with Crippen LogP contribution in [-0.2, 0) is 9.53 Å². The Kier molecular flexibility index (Phi) is 2.99. The molecule has 1 fully saturated rings. The predicted octanol–water partition coefficient (Wildman–Crippen LogP) is -2.62. The van der Waals surface area contributed by atoms with Crippen LogP contribution < -0.4 is 0 Å². The molecular formula is C7H12O6. The van der Waals surface area contributed by atoms with Crippen molar-refractivity contribution in [2.45, 2.75) is 37.6 Å². The molecule has 0 aliphatic carbocycles. The maximum Gasteiger partial charge on any atom is 0.184 e. The lowest BCUT2D eigenvalue weighted by Crippen LogP contribution is -2.42. The standard InChI is InChI=1S/C7H12O6/c1-2(8)3(9)6-4(10)5(11)7(12)13-6/h3-7,9-12H,1H3. The average molecular weight is 192 g/mol. The molecule has 1 saturated heterocycles. The van der Waals surface area contributed by atoms with Crippen LogP contribution in [0.25, 0.3) is 0 Å². The number of aliphatic hydroxyl groups excluding tert-OH is 4. The van der Waals surface area contributed by atoms with Crippen LogP contribution in [-0.4, -0.2) is 56.9 Å². The lowest BCUT2D eigenvalue weighted by Gasteiger charge is -2.17. The summed E-state index contributed by atoms with van der Waals surface area (Å²) in [5, 5.41) is 36.3. The number of aliphatic hydroxyl groups is 4. The Hall–Kier alpha value is -0.530. The second-order valence-corrected chi connectivity index (χ2v) is 3.03. The first kappa shape index (κ1) is 10.6. The number of carbonyl (C=O) groups is 1. The van der Waals surface area contributed by atoms with Gasteiger partial charge in [-0.05, 0) is 6.92 Å². The molecule has 0 spiro atoms. The van der Waals surface area contributed by atoms with Crippen molar-refractivity contribution in [1.29, 1.82) is 0 Å². The van der Waals surface area contributed by atoms with Gasteiger partial charge in [0, 0.05) is 0 Å². The fraction of sp³-hybridized carbons (Fsp3) is 0.857. The van der Waals surface area contributed by atoms with Gasteiger partial charge in [0.05, 0.1) is 0 Å². The minimum absolute atomic E-state index is 0.592. The van der Waals surface area contributed by atoms with Crippen LogP contribution in [0, 0.1) is 0 Å². The van der Waals surface area contributed by atoms with Crippen LogP contribution in [0.4, 0.5) is 0 Å². The van der Waals surface area contributed by atoms with Gasteiger partial charge >= 0.3 is 0 Å². The highest BCUT2D eigenvalue weighted by Crippen LogP contribution is 2.22. The number of ketones is 1. The predicted molar refractivity (Wildman–Crippen MR) is 39.6 cm³/mol. The number of ether oxygens (including phenoxy) is 1. The van der Waals surface area contributed by atoms with Crippen LogP contribution in [0.5, 0.6) is 0 Å². The van der Waals surface area contributed by atoms with E-state index in [0.717, 1.165) is 6.92 Å². The number of hydrogen-bond acceptors (Lipinski definition) is 6. The van der Waals surface area contributed by atoms with Gasteiger partial charge in [0.15, 0.2) is 12.1 Å². The van der Waals surface area contributed by atoms with E-state index in [1.807, 2.05) is 0 Å². The van der Waals surface area contributed by atoms with E-state index >= 15 is 0 Å². The largest absolute Gasteiger partial charge is 0.387 e. The molecule has 5 unspecified atom stereocenters. The summed E-state index contributed by atoms with van der Waals surface area (Å²) in [6.07, 6.45) is -7.29. The smallest absolute Gasteiger partial charge is 0.184 e. The SMILES string of the molecule is CC(=O)C(O)C1OC(O)C(O)C1O. The Balaban J connectivity index is 2.68. The van der Waals surface area contributed by atoms with Gasteiger partial charge < -0.3 is 25.2 Å². The van der Waals surface area contributed by atoms with Gasteiger partial charge in [-0.15, -0.1) is 0 Å². The van der Waals surface area contributed by atoms with E-state index in [9.17, 15) is 15.0 Å². The average Bonchev–Trinajstić information content (AvgIpc) is 2.31. The van der Waals surface area contributed by atoms with Crippen LogP contribution >= 0.6 is 0 Å². The Morgan fingerprint density at radius 1 is 1.31 bits per heavy atom. The van der Waals surface area contributed by atoms with Crippen molar-refractivity contribution in [1.82, 2.24) is 0 Å². The van der Waals surface area contributed by atoms with Crippen LogP contribution in [0.15, 0.2) is 0 Å². The molecule has 5 atom stereocenters. The summed E-state index contributed by atoms with van der Waals surface area (Å²) in [5.74, 6) is -0.592. The summed E-state index contributed by atoms with van der Waals surface area (Å²) in [4.78, 5) is 10.7. The first-order valence-electron chi connectivity index (χ1n) is 3.83. The van der Waals surface area contributed by atoms with Gasteiger partial charge in [0.1, 0.15) is 24.4 Å². The summed E-state index contributed by atoms with van der Waals surface area (Å²) >= 11 is 0. The minimum Gasteiger partial charge on any atom is -0.387 e. The lowest BCUT2D eigenvalue weighted by molar-refractivity contribution is -0.156. The van der Waals surface area contributed by atoms with Crippen molar-refractivity contribution >= 4 is 5.78 Å². The summed E-state index contributed by atoms with van der Waals surface area (Å²) in [7, 11) is 0. The molecule has 0 saturated carbocycles. The summed E-state index contributed by atoms with van der Waals surface area (Å²) in [5.41, 5.74) is 0. The third-order valence-electron chi connectivity index (χ3n) is 2.00. The van der Waals surface area contributed by atoms with Crippen molar-refractivity contribution in [3.05, 3.63) is 0 Å². The normalized spacial score (nSPS) is 41.9. The van der Waals surface area contributed by atoms with Crippen molar-refractivity contribution < 1.29 is 30.0 Å². The van der Waals surface area contributed by atoms with Crippen molar-refractivity contribution in [2.24, 2.45) is 0 Å². The van der Waals surface area contributed by atoms with Gasteiger partial charge in [-0.2, -0.15) is 0 Å². The molecule has 0 aromatic carbocycles. The number of carbonyl (C=O) groups excluding carboxylic acids is 1. The number of Topliss-reactive ketones (excluding diaryl/α,β-unsaturated/α-hetero) is 1. The summed E-state index contributed by atoms with van der Waals surface area (Å²) < 4.78 is 4.59. The van der Waals surface area contributed by atoms with E-state index in [1.54, 1.807) is 0 Å². The van der Waals surface area contributed by atoms with E-state index in [0.29, 0.717) is 0 Å². The highest BCUT2D eigenvalue weighted by molar-refractivity contribution is 5.80. The monoisotopic (exact) mass is 192 g/mol. The van der Waals surface area contributed by atoms with Gasteiger partial charge in [0.2, 0.25) is 0 Å². The van der Waals surface area contributed by atoms with E-state index in [1.165, 1.54) is 0 Å². The van der Waals surface area contributed by atoms with Crippen molar-refractivity contribution in [3.63, 3.8) is 0 Å². The molecule has 13 heavy (non-hydrogen) atoms. The van der Waals surface area contributed by atoms with Crippen LogP contribution in [0.3, 0.4) is 0 Å². The fourth-order valence-corrected chi connectivity index (χ4v) is 1.18. The molecule has 0 radical (unpaired) electrons. The highest BCUT2D eigenvalue weighted by Gasteiger charge is 2.46. The molecule has 1 heterocycles. The first-order valence-corrected chi connectivity index (χ1v) is 3.83. The third kappa shape index (κ3) is 1.87. The van der Waals surface area contributed by atoms with E-state index in [2.05, 4.69) is 4.74 Å². The maximum atomic E-state index is 10.7. The first-order chi connectivity index (χ1) is 5.95. The minimum atomic E-state index is -1.56. The second kappa shape index (κ2) is 3.69. The Labute approximate surface area is 74.4 Å². The van der Waals surface area contributed by atoms with Gasteiger partial charge in [-0.3, -0.25) is 4.79 Å². The zero-order valence-corrected chi connectivity index (χ0v) is 6.99. The summed E-state index contributed by atoms with van der Waals surface area (Å²) in [6.45, 7) is 1.12. The van der Waals surface area contributed by atoms with Crippen LogP contribution in [0.2, 0.25) is 0 Å². The highest BCUT2D eigenvalue weighted by atomic mass is 16.6. The topological polar surface area (TPSA) is 107 Å². The molecule has 1 rings (SSSR count). The zero-order valence-electron chi connectivity index (χ0n) is 6.99.